The number of nitrogens with two attached hydrogens (primary N) is 1. The molecule has 0 bridgehead atoms. The minimum absolute atomic E-state index is 0.330. The second-order valence-corrected chi connectivity index (χ2v) is 5.14. The van der Waals surface area contributed by atoms with Gasteiger partial charge in [0.05, 0.1) is 6.04 Å². The first-order valence-electron chi connectivity index (χ1n) is 6.26. The van der Waals surface area contributed by atoms with Crippen molar-refractivity contribution in [2.45, 2.75) is 13.0 Å². The van der Waals surface area contributed by atoms with Crippen LogP contribution >= 0.6 is 11.6 Å². The Morgan fingerprint density at radius 3 is 2.70 bits per heavy atom. The number of fused-ring (bicyclic) bond motifs is 1. The van der Waals surface area contributed by atoms with E-state index in [0.29, 0.717) is 16.4 Å². The Hall–Kier alpha value is -1.84. The standard InChI is InChI=1S/C16H13ClFNO/c1-9-11-7-6-10(18)8-14(11)20-16(9)15(19)12-4-2-3-5-13(12)17/h2-8,15H,19H2,1H3. The van der Waals surface area contributed by atoms with Crippen LogP contribution in [0.25, 0.3) is 11.0 Å². The summed E-state index contributed by atoms with van der Waals surface area (Å²) in [5.74, 6) is 0.280. The lowest BCUT2D eigenvalue weighted by Crippen LogP contribution is -2.12. The van der Waals surface area contributed by atoms with E-state index < -0.39 is 6.04 Å². The van der Waals surface area contributed by atoms with Crippen LogP contribution in [0.15, 0.2) is 46.9 Å². The third-order valence-electron chi connectivity index (χ3n) is 3.46. The molecule has 2 nitrogen and oxygen atoms in total. The topological polar surface area (TPSA) is 39.2 Å². The van der Waals surface area contributed by atoms with Gasteiger partial charge in [-0.3, -0.25) is 0 Å². The van der Waals surface area contributed by atoms with Crippen molar-refractivity contribution < 1.29 is 8.81 Å². The maximum atomic E-state index is 13.3. The van der Waals surface area contributed by atoms with Gasteiger partial charge in [-0.2, -0.15) is 0 Å². The number of hydrogen-bond donors (Lipinski definition) is 1. The first-order valence-corrected chi connectivity index (χ1v) is 6.64. The highest BCUT2D eigenvalue weighted by Gasteiger charge is 2.20. The van der Waals surface area contributed by atoms with Crippen molar-refractivity contribution in [3.8, 4) is 0 Å². The van der Waals surface area contributed by atoms with Gasteiger partial charge in [-0.1, -0.05) is 29.8 Å². The van der Waals surface area contributed by atoms with E-state index >= 15 is 0 Å². The minimum atomic E-state index is -0.473. The molecule has 2 aromatic carbocycles. The molecule has 1 atom stereocenters. The van der Waals surface area contributed by atoms with Crippen molar-refractivity contribution in [1.29, 1.82) is 0 Å². The number of halogens is 2. The molecule has 0 saturated carbocycles. The number of rotatable bonds is 2. The van der Waals surface area contributed by atoms with E-state index in [2.05, 4.69) is 0 Å². The van der Waals surface area contributed by atoms with Crippen LogP contribution < -0.4 is 5.73 Å². The quantitative estimate of drug-likeness (QED) is 0.750. The lowest BCUT2D eigenvalue weighted by molar-refractivity contribution is 0.518. The Morgan fingerprint density at radius 1 is 1.20 bits per heavy atom. The molecule has 4 heteroatoms. The van der Waals surface area contributed by atoms with Crippen LogP contribution in [0.1, 0.15) is 22.9 Å². The molecule has 2 N–H and O–H groups in total. The molecule has 1 aromatic heterocycles. The lowest BCUT2D eigenvalue weighted by atomic mass is 10.0. The Balaban J connectivity index is 2.15. The zero-order valence-electron chi connectivity index (χ0n) is 10.9. The number of hydrogen-bond acceptors (Lipinski definition) is 2. The Labute approximate surface area is 121 Å². The third-order valence-corrected chi connectivity index (χ3v) is 3.80. The second kappa shape index (κ2) is 4.93. The fraction of sp³-hybridized carbons (Fsp3) is 0.125. The van der Waals surface area contributed by atoms with Crippen molar-refractivity contribution in [2.75, 3.05) is 0 Å². The first kappa shape index (κ1) is 13.2. The van der Waals surface area contributed by atoms with Crippen LogP contribution in [-0.4, -0.2) is 0 Å². The van der Waals surface area contributed by atoms with E-state index in [0.717, 1.165) is 16.5 Å². The molecule has 0 amide bonds. The Bertz CT molecular complexity index is 781. The van der Waals surface area contributed by atoms with Crippen molar-refractivity contribution in [3.05, 3.63) is 70.2 Å². The molecule has 1 unspecified atom stereocenters. The highest BCUT2D eigenvalue weighted by atomic mass is 35.5. The van der Waals surface area contributed by atoms with Crippen LogP contribution in [0.3, 0.4) is 0 Å². The summed E-state index contributed by atoms with van der Waals surface area (Å²) < 4.78 is 19.0. The van der Waals surface area contributed by atoms with Crippen molar-refractivity contribution in [1.82, 2.24) is 0 Å². The van der Waals surface area contributed by atoms with Gasteiger partial charge in [0.1, 0.15) is 17.2 Å². The monoisotopic (exact) mass is 289 g/mol. The summed E-state index contributed by atoms with van der Waals surface area (Å²) in [6.07, 6.45) is 0. The zero-order valence-corrected chi connectivity index (χ0v) is 11.6. The van der Waals surface area contributed by atoms with Gasteiger partial charge in [-0.15, -0.1) is 0 Å². The van der Waals surface area contributed by atoms with E-state index in [1.807, 2.05) is 25.1 Å². The summed E-state index contributed by atoms with van der Waals surface area (Å²) in [7, 11) is 0. The van der Waals surface area contributed by atoms with Gasteiger partial charge in [0.15, 0.2) is 0 Å². The summed E-state index contributed by atoms with van der Waals surface area (Å²) in [5, 5.41) is 1.45. The fourth-order valence-corrected chi connectivity index (χ4v) is 2.64. The predicted octanol–water partition coefficient (Wildman–Crippen LogP) is 4.58. The lowest BCUT2D eigenvalue weighted by Gasteiger charge is -2.12. The predicted molar refractivity (Wildman–Crippen MR) is 78.4 cm³/mol. The molecule has 0 spiro atoms. The highest BCUT2D eigenvalue weighted by molar-refractivity contribution is 6.31. The van der Waals surface area contributed by atoms with Gasteiger partial charge in [-0.05, 0) is 30.7 Å². The molecule has 0 radical (unpaired) electrons. The SMILES string of the molecule is Cc1c(C(N)c2ccccc2Cl)oc2cc(F)ccc12. The number of aryl methyl sites for hydroxylation is 1. The zero-order chi connectivity index (χ0) is 14.3. The summed E-state index contributed by atoms with van der Waals surface area (Å²) >= 11 is 6.16. The van der Waals surface area contributed by atoms with Crippen LogP contribution in [0.5, 0.6) is 0 Å². The highest BCUT2D eigenvalue weighted by Crippen LogP contribution is 2.34. The van der Waals surface area contributed by atoms with Gasteiger partial charge in [-0.25, -0.2) is 4.39 Å². The average Bonchev–Trinajstić information content (AvgIpc) is 2.75. The minimum Gasteiger partial charge on any atom is -0.459 e. The molecule has 1 heterocycles. The first-order chi connectivity index (χ1) is 9.58. The third kappa shape index (κ3) is 2.09. The summed E-state index contributed by atoms with van der Waals surface area (Å²) in [6.45, 7) is 1.91. The van der Waals surface area contributed by atoms with Crippen molar-refractivity contribution >= 4 is 22.6 Å². The molecular weight excluding hydrogens is 277 g/mol. The molecule has 102 valence electrons. The molecule has 0 fully saturated rings. The van der Waals surface area contributed by atoms with Crippen LogP contribution in [0, 0.1) is 12.7 Å². The van der Waals surface area contributed by atoms with Crippen LogP contribution in [0.4, 0.5) is 4.39 Å². The van der Waals surface area contributed by atoms with Gasteiger partial charge in [0.25, 0.3) is 0 Å². The second-order valence-electron chi connectivity index (χ2n) is 4.73. The fourth-order valence-electron chi connectivity index (χ4n) is 2.38. The maximum absolute atomic E-state index is 13.3. The Morgan fingerprint density at radius 2 is 1.95 bits per heavy atom. The molecule has 0 aliphatic rings. The van der Waals surface area contributed by atoms with Crippen molar-refractivity contribution in [2.24, 2.45) is 5.73 Å². The molecule has 0 aliphatic heterocycles. The number of furan rings is 1. The van der Waals surface area contributed by atoms with Crippen LogP contribution in [0.2, 0.25) is 5.02 Å². The normalized spacial score (nSPS) is 12.8. The largest absolute Gasteiger partial charge is 0.459 e. The van der Waals surface area contributed by atoms with Gasteiger partial charge < -0.3 is 10.2 Å². The molecule has 0 saturated heterocycles. The summed E-state index contributed by atoms with van der Waals surface area (Å²) in [4.78, 5) is 0. The average molecular weight is 290 g/mol. The molecular formula is C16H13ClFNO. The van der Waals surface area contributed by atoms with Crippen molar-refractivity contribution in [3.63, 3.8) is 0 Å². The molecule has 3 aromatic rings. The molecule has 20 heavy (non-hydrogen) atoms. The summed E-state index contributed by atoms with van der Waals surface area (Å²) in [5.41, 5.74) is 8.45. The van der Waals surface area contributed by atoms with E-state index in [1.165, 1.54) is 12.1 Å². The maximum Gasteiger partial charge on any atom is 0.137 e. The van der Waals surface area contributed by atoms with E-state index in [-0.39, 0.29) is 5.82 Å². The van der Waals surface area contributed by atoms with E-state index in [4.69, 9.17) is 21.8 Å². The molecule has 3 rings (SSSR count). The van der Waals surface area contributed by atoms with E-state index in [1.54, 1.807) is 12.1 Å². The smallest absolute Gasteiger partial charge is 0.137 e. The summed E-state index contributed by atoms with van der Waals surface area (Å²) in [6, 6.07) is 11.4. The number of benzene rings is 2. The van der Waals surface area contributed by atoms with E-state index in [9.17, 15) is 4.39 Å². The Kier molecular flexibility index (Phi) is 3.24. The van der Waals surface area contributed by atoms with Crippen LogP contribution in [-0.2, 0) is 0 Å². The molecule has 0 aliphatic carbocycles. The van der Waals surface area contributed by atoms with Gasteiger partial charge in [0.2, 0.25) is 0 Å². The van der Waals surface area contributed by atoms with Gasteiger partial charge in [0, 0.05) is 22.0 Å². The van der Waals surface area contributed by atoms with Gasteiger partial charge >= 0.3 is 0 Å².